The molecule has 24 heavy (non-hydrogen) atoms. The van der Waals surface area contributed by atoms with Crippen molar-refractivity contribution in [2.45, 2.75) is 49.6 Å². The van der Waals surface area contributed by atoms with Crippen molar-refractivity contribution in [3.8, 4) is 0 Å². The summed E-state index contributed by atoms with van der Waals surface area (Å²) in [4.78, 5) is 0.295. The maximum Gasteiger partial charge on any atom is 0.244 e. The number of benzene rings is 1. The zero-order valence-corrected chi connectivity index (χ0v) is 14.6. The monoisotopic (exact) mass is 349 g/mol. The minimum absolute atomic E-state index is 0.0214. The van der Waals surface area contributed by atoms with Gasteiger partial charge in [-0.3, -0.25) is 4.68 Å². The summed E-state index contributed by atoms with van der Waals surface area (Å²) in [5.74, 6) is 0.238. The third-order valence-electron chi connectivity index (χ3n) is 4.53. The Hall–Kier alpha value is -1.70. The van der Waals surface area contributed by atoms with Gasteiger partial charge in [-0.15, -0.1) is 0 Å². The molecule has 1 aromatic carbocycles. The van der Waals surface area contributed by atoms with Gasteiger partial charge < -0.3 is 5.11 Å². The molecule has 0 atom stereocenters. The molecule has 7 heteroatoms. The van der Waals surface area contributed by atoms with E-state index in [2.05, 4.69) is 9.82 Å². The van der Waals surface area contributed by atoms with Crippen molar-refractivity contribution in [1.82, 2.24) is 14.5 Å². The lowest BCUT2D eigenvalue weighted by atomic mass is 10.1. The number of nitrogens with zero attached hydrogens (tertiary/aromatic N) is 2. The second-order valence-electron chi connectivity index (χ2n) is 6.33. The Morgan fingerprint density at radius 1 is 1.21 bits per heavy atom. The topological polar surface area (TPSA) is 84.2 Å². The Kier molecular flexibility index (Phi) is 5.03. The second-order valence-corrected chi connectivity index (χ2v) is 8.07. The van der Waals surface area contributed by atoms with Gasteiger partial charge in [0.2, 0.25) is 10.0 Å². The first-order valence-corrected chi connectivity index (χ1v) is 9.70. The minimum atomic E-state index is -3.60. The van der Waals surface area contributed by atoms with Gasteiger partial charge in [0.1, 0.15) is 4.90 Å². The predicted molar refractivity (Wildman–Crippen MR) is 90.8 cm³/mol. The first-order chi connectivity index (χ1) is 11.5. The molecule has 2 aromatic rings. The predicted octanol–water partition coefficient (Wildman–Crippen LogP) is 2.05. The van der Waals surface area contributed by atoms with Crippen molar-refractivity contribution in [2.24, 2.45) is 7.05 Å². The van der Waals surface area contributed by atoms with Gasteiger partial charge >= 0.3 is 0 Å². The van der Waals surface area contributed by atoms with E-state index < -0.39 is 10.0 Å². The van der Waals surface area contributed by atoms with Gasteiger partial charge in [0, 0.05) is 25.7 Å². The Morgan fingerprint density at radius 3 is 2.46 bits per heavy atom. The van der Waals surface area contributed by atoms with Crippen molar-refractivity contribution in [3.05, 3.63) is 47.3 Å². The summed E-state index contributed by atoms with van der Waals surface area (Å²) in [7, 11) is -1.85. The molecule has 3 rings (SSSR count). The van der Waals surface area contributed by atoms with Crippen molar-refractivity contribution < 1.29 is 13.5 Å². The van der Waals surface area contributed by atoms with Gasteiger partial charge in [-0.05, 0) is 24.0 Å². The lowest BCUT2D eigenvalue weighted by molar-refractivity contribution is 0.282. The molecule has 1 fully saturated rings. The van der Waals surface area contributed by atoms with Crippen LogP contribution in [0.5, 0.6) is 0 Å². The van der Waals surface area contributed by atoms with Crippen LogP contribution in [0.25, 0.3) is 0 Å². The van der Waals surface area contributed by atoms with Crippen LogP contribution in [-0.4, -0.2) is 23.3 Å². The van der Waals surface area contributed by atoms with Crippen LogP contribution in [-0.2, 0) is 30.2 Å². The standard InChI is InChI=1S/C17H23N3O3S/c1-20-11-16(17(19-20)15-4-2-3-5-15)24(22,23)18-10-13-6-8-14(12-21)9-7-13/h6-9,11,15,18,21H,2-5,10,12H2,1H3. The van der Waals surface area contributed by atoms with Crippen molar-refractivity contribution in [3.63, 3.8) is 0 Å². The molecule has 0 aliphatic heterocycles. The summed E-state index contributed by atoms with van der Waals surface area (Å²) in [5, 5.41) is 13.5. The minimum Gasteiger partial charge on any atom is -0.392 e. The number of hydrogen-bond acceptors (Lipinski definition) is 4. The van der Waals surface area contributed by atoms with E-state index in [9.17, 15) is 8.42 Å². The molecule has 0 saturated heterocycles. The number of aliphatic hydroxyl groups is 1. The van der Waals surface area contributed by atoms with Crippen LogP contribution in [0.15, 0.2) is 35.4 Å². The van der Waals surface area contributed by atoms with E-state index in [0.29, 0.717) is 10.6 Å². The summed E-state index contributed by atoms with van der Waals surface area (Å²) >= 11 is 0. The molecule has 6 nitrogen and oxygen atoms in total. The maximum atomic E-state index is 12.7. The molecule has 1 heterocycles. The summed E-state index contributed by atoms with van der Waals surface area (Å²) in [6, 6.07) is 7.21. The first kappa shape index (κ1) is 17.1. The van der Waals surface area contributed by atoms with E-state index in [1.807, 2.05) is 12.1 Å². The van der Waals surface area contributed by atoms with Gasteiger partial charge in [-0.25, -0.2) is 13.1 Å². The van der Waals surface area contributed by atoms with Gasteiger partial charge in [-0.1, -0.05) is 37.1 Å². The van der Waals surface area contributed by atoms with Crippen LogP contribution in [0.2, 0.25) is 0 Å². The Balaban J connectivity index is 1.77. The number of hydrogen-bond donors (Lipinski definition) is 2. The summed E-state index contributed by atoms with van der Waals surface area (Å²) in [6.45, 7) is 0.194. The molecular formula is C17H23N3O3S. The van der Waals surface area contributed by atoms with Crippen LogP contribution >= 0.6 is 0 Å². The van der Waals surface area contributed by atoms with Gasteiger partial charge in [-0.2, -0.15) is 5.10 Å². The van der Waals surface area contributed by atoms with E-state index in [4.69, 9.17) is 5.11 Å². The molecule has 1 aromatic heterocycles. The third kappa shape index (κ3) is 3.68. The largest absolute Gasteiger partial charge is 0.392 e. The van der Waals surface area contributed by atoms with Crippen molar-refractivity contribution >= 4 is 10.0 Å². The lowest BCUT2D eigenvalue weighted by Crippen LogP contribution is -2.24. The average Bonchev–Trinajstić information content (AvgIpc) is 3.23. The zero-order valence-electron chi connectivity index (χ0n) is 13.8. The number of aryl methyl sites for hydroxylation is 1. The zero-order chi connectivity index (χ0) is 17.2. The van der Waals surface area contributed by atoms with E-state index >= 15 is 0 Å². The molecule has 0 unspecified atom stereocenters. The molecule has 130 valence electrons. The fourth-order valence-corrected chi connectivity index (χ4v) is 4.48. The number of rotatable bonds is 6. The van der Waals surface area contributed by atoms with Crippen molar-refractivity contribution in [1.29, 1.82) is 0 Å². The Bertz CT molecular complexity index is 791. The molecule has 2 N–H and O–H groups in total. The SMILES string of the molecule is Cn1cc(S(=O)(=O)NCc2ccc(CO)cc2)c(C2CCCC2)n1. The smallest absolute Gasteiger partial charge is 0.244 e. The normalized spacial score (nSPS) is 15.9. The first-order valence-electron chi connectivity index (χ1n) is 8.21. The summed E-state index contributed by atoms with van der Waals surface area (Å²) in [5.41, 5.74) is 2.34. The second kappa shape index (κ2) is 7.04. The number of nitrogens with one attached hydrogen (secondary N) is 1. The van der Waals surface area contributed by atoms with E-state index in [1.165, 1.54) is 0 Å². The summed E-state index contributed by atoms with van der Waals surface area (Å²) in [6.07, 6.45) is 5.85. The van der Waals surface area contributed by atoms with Crippen LogP contribution in [0.3, 0.4) is 0 Å². The highest BCUT2D eigenvalue weighted by atomic mass is 32.2. The number of aromatic nitrogens is 2. The molecule has 0 amide bonds. The highest BCUT2D eigenvalue weighted by Crippen LogP contribution is 2.36. The van der Waals surface area contributed by atoms with Crippen molar-refractivity contribution in [2.75, 3.05) is 0 Å². The molecule has 0 spiro atoms. The fourth-order valence-electron chi connectivity index (χ4n) is 3.19. The summed E-state index contributed by atoms with van der Waals surface area (Å²) < 4.78 is 29.7. The highest BCUT2D eigenvalue weighted by Gasteiger charge is 2.29. The highest BCUT2D eigenvalue weighted by molar-refractivity contribution is 7.89. The molecule has 0 radical (unpaired) electrons. The Labute approximate surface area is 142 Å². The van der Waals surface area contributed by atoms with Crippen LogP contribution < -0.4 is 4.72 Å². The quantitative estimate of drug-likeness (QED) is 0.836. The van der Waals surface area contributed by atoms with E-state index in [1.54, 1.807) is 30.1 Å². The van der Waals surface area contributed by atoms with Gasteiger partial charge in [0.15, 0.2) is 0 Å². The van der Waals surface area contributed by atoms with Gasteiger partial charge in [0.25, 0.3) is 0 Å². The number of sulfonamides is 1. The number of aliphatic hydroxyl groups excluding tert-OH is 1. The third-order valence-corrected chi connectivity index (χ3v) is 5.94. The maximum absolute atomic E-state index is 12.7. The van der Waals surface area contributed by atoms with E-state index in [-0.39, 0.29) is 19.1 Å². The molecular weight excluding hydrogens is 326 g/mol. The van der Waals surface area contributed by atoms with Crippen LogP contribution in [0.1, 0.15) is 48.4 Å². The molecule has 1 aliphatic rings. The fraction of sp³-hybridized carbons (Fsp3) is 0.471. The molecule has 0 bridgehead atoms. The van der Waals surface area contributed by atoms with Crippen LogP contribution in [0, 0.1) is 0 Å². The molecule has 1 saturated carbocycles. The van der Waals surface area contributed by atoms with Crippen LogP contribution in [0.4, 0.5) is 0 Å². The Morgan fingerprint density at radius 2 is 1.83 bits per heavy atom. The molecule has 1 aliphatic carbocycles. The van der Waals surface area contributed by atoms with Gasteiger partial charge in [0.05, 0.1) is 12.3 Å². The lowest BCUT2D eigenvalue weighted by Gasteiger charge is -2.10. The average molecular weight is 349 g/mol. The van der Waals surface area contributed by atoms with E-state index in [0.717, 1.165) is 36.8 Å².